The molecule has 0 amide bonds. The largest absolute Gasteiger partial charge is 0.468 e. The van der Waals surface area contributed by atoms with Gasteiger partial charge in [0, 0.05) is 0 Å². The zero-order valence-electron chi connectivity index (χ0n) is 11.4. The molecule has 2 heteroatoms. The minimum absolute atomic E-state index is 0.219. The highest BCUT2D eigenvalue weighted by Gasteiger charge is 2.13. The van der Waals surface area contributed by atoms with Gasteiger partial charge in [0.25, 0.3) is 0 Å². The van der Waals surface area contributed by atoms with Gasteiger partial charge < -0.3 is 9.73 Å². The van der Waals surface area contributed by atoms with Crippen LogP contribution in [0.1, 0.15) is 30.7 Å². The van der Waals surface area contributed by atoms with Crippen LogP contribution in [0.25, 0.3) is 0 Å². The average molecular weight is 255 g/mol. The zero-order valence-corrected chi connectivity index (χ0v) is 11.4. The molecule has 0 bridgehead atoms. The van der Waals surface area contributed by atoms with Crippen LogP contribution in [0.15, 0.2) is 65.3 Å². The number of furan rings is 1. The summed E-state index contributed by atoms with van der Waals surface area (Å²) in [6.07, 6.45) is 3.65. The molecule has 1 aromatic carbocycles. The van der Waals surface area contributed by atoms with Gasteiger partial charge >= 0.3 is 0 Å². The lowest BCUT2D eigenvalue weighted by atomic mass is 10.1. The fourth-order valence-electron chi connectivity index (χ4n) is 2.15. The van der Waals surface area contributed by atoms with E-state index in [-0.39, 0.29) is 6.04 Å². The van der Waals surface area contributed by atoms with E-state index in [1.165, 1.54) is 5.56 Å². The maximum Gasteiger partial charge on any atom is 0.120 e. The van der Waals surface area contributed by atoms with Gasteiger partial charge in [0.15, 0.2) is 0 Å². The molecule has 1 atom stereocenters. The summed E-state index contributed by atoms with van der Waals surface area (Å²) < 4.78 is 5.50. The van der Waals surface area contributed by atoms with Crippen LogP contribution in [0.3, 0.4) is 0 Å². The van der Waals surface area contributed by atoms with Gasteiger partial charge in [-0.1, -0.05) is 35.9 Å². The molecule has 0 aliphatic heterocycles. The van der Waals surface area contributed by atoms with E-state index >= 15 is 0 Å². The van der Waals surface area contributed by atoms with Crippen molar-refractivity contribution in [1.29, 1.82) is 0 Å². The molecule has 0 saturated heterocycles. The Morgan fingerprint density at radius 1 is 1.21 bits per heavy atom. The Morgan fingerprint density at radius 3 is 2.63 bits per heavy atom. The van der Waals surface area contributed by atoms with Gasteiger partial charge in [-0.3, -0.25) is 0 Å². The molecule has 0 fully saturated rings. The van der Waals surface area contributed by atoms with E-state index in [9.17, 15) is 0 Å². The summed E-state index contributed by atoms with van der Waals surface area (Å²) in [5.74, 6) is 0.982. The molecule has 0 unspecified atom stereocenters. The number of hydrogen-bond acceptors (Lipinski definition) is 2. The second-order valence-corrected chi connectivity index (χ2v) is 4.92. The Morgan fingerprint density at radius 2 is 2.00 bits per heavy atom. The van der Waals surface area contributed by atoms with Crippen molar-refractivity contribution in [2.24, 2.45) is 0 Å². The predicted octanol–water partition coefficient (Wildman–Crippen LogP) is 4.12. The molecule has 19 heavy (non-hydrogen) atoms. The van der Waals surface area contributed by atoms with E-state index in [0.29, 0.717) is 0 Å². The molecule has 0 aliphatic carbocycles. The third-order valence-corrected chi connectivity index (χ3v) is 3.09. The molecule has 1 N–H and O–H groups in total. The molecule has 0 aliphatic rings. The van der Waals surface area contributed by atoms with Crippen LogP contribution in [0, 0.1) is 0 Å². The Kier molecular flexibility index (Phi) is 4.99. The van der Waals surface area contributed by atoms with Gasteiger partial charge in [0.1, 0.15) is 5.76 Å². The number of benzene rings is 1. The smallest absolute Gasteiger partial charge is 0.120 e. The first-order valence-corrected chi connectivity index (χ1v) is 6.71. The molecule has 2 nitrogen and oxygen atoms in total. The van der Waals surface area contributed by atoms with E-state index in [1.807, 2.05) is 18.2 Å². The van der Waals surface area contributed by atoms with Crippen LogP contribution in [0.5, 0.6) is 0 Å². The van der Waals surface area contributed by atoms with Gasteiger partial charge in [0.2, 0.25) is 0 Å². The SMILES string of the molecule is C=C(C)C[C@@H](NCCc1ccccc1)c1ccco1. The highest BCUT2D eigenvalue weighted by Crippen LogP contribution is 2.20. The first-order chi connectivity index (χ1) is 9.25. The van der Waals surface area contributed by atoms with E-state index in [2.05, 4.69) is 43.1 Å². The monoisotopic (exact) mass is 255 g/mol. The predicted molar refractivity (Wildman–Crippen MR) is 79.0 cm³/mol. The molecule has 0 saturated carbocycles. The van der Waals surface area contributed by atoms with E-state index < -0.39 is 0 Å². The summed E-state index contributed by atoms with van der Waals surface area (Å²) >= 11 is 0. The lowest BCUT2D eigenvalue weighted by Crippen LogP contribution is -2.23. The number of hydrogen-bond donors (Lipinski definition) is 1. The summed E-state index contributed by atoms with van der Waals surface area (Å²) in [5.41, 5.74) is 2.51. The quantitative estimate of drug-likeness (QED) is 0.753. The summed E-state index contributed by atoms with van der Waals surface area (Å²) in [5, 5.41) is 3.55. The molecule has 0 spiro atoms. The summed E-state index contributed by atoms with van der Waals surface area (Å²) in [4.78, 5) is 0. The molecular formula is C17H21NO. The lowest BCUT2D eigenvalue weighted by Gasteiger charge is -2.16. The lowest BCUT2D eigenvalue weighted by molar-refractivity contribution is 0.411. The van der Waals surface area contributed by atoms with Gasteiger partial charge in [-0.05, 0) is 44.0 Å². The van der Waals surface area contributed by atoms with Crippen molar-refractivity contribution in [3.05, 3.63) is 72.2 Å². The average Bonchev–Trinajstić information content (AvgIpc) is 2.92. The summed E-state index contributed by atoms with van der Waals surface area (Å²) in [7, 11) is 0. The molecule has 100 valence electrons. The van der Waals surface area contributed by atoms with Crippen LogP contribution < -0.4 is 5.32 Å². The summed E-state index contributed by atoms with van der Waals surface area (Å²) in [6.45, 7) is 6.97. The standard InChI is InChI=1S/C17H21NO/c1-14(2)13-16(17-9-6-12-19-17)18-11-10-15-7-4-3-5-8-15/h3-9,12,16,18H,1,10-11,13H2,2H3/t16-/m1/s1. The van der Waals surface area contributed by atoms with Gasteiger partial charge in [-0.15, -0.1) is 6.58 Å². The molecule has 2 rings (SSSR count). The fraction of sp³-hybridized carbons (Fsp3) is 0.294. The molecular weight excluding hydrogens is 234 g/mol. The number of rotatable bonds is 7. The van der Waals surface area contributed by atoms with E-state index in [1.54, 1.807) is 6.26 Å². The van der Waals surface area contributed by atoms with Crippen molar-refractivity contribution in [3.63, 3.8) is 0 Å². The third-order valence-electron chi connectivity index (χ3n) is 3.09. The zero-order chi connectivity index (χ0) is 13.5. The Labute approximate surface area is 115 Å². The Balaban J connectivity index is 1.88. The van der Waals surface area contributed by atoms with E-state index in [0.717, 1.165) is 30.7 Å². The van der Waals surface area contributed by atoms with E-state index in [4.69, 9.17) is 4.42 Å². The van der Waals surface area contributed by atoms with Crippen molar-refractivity contribution >= 4 is 0 Å². The minimum atomic E-state index is 0.219. The van der Waals surface area contributed by atoms with Crippen LogP contribution in [-0.4, -0.2) is 6.54 Å². The highest BCUT2D eigenvalue weighted by atomic mass is 16.3. The van der Waals surface area contributed by atoms with Crippen LogP contribution in [0.4, 0.5) is 0 Å². The van der Waals surface area contributed by atoms with Gasteiger partial charge in [-0.2, -0.15) is 0 Å². The molecule has 1 aromatic heterocycles. The van der Waals surface area contributed by atoms with Crippen molar-refractivity contribution in [2.45, 2.75) is 25.8 Å². The third kappa shape index (κ3) is 4.42. The normalized spacial score (nSPS) is 12.3. The first kappa shape index (κ1) is 13.6. The highest BCUT2D eigenvalue weighted by molar-refractivity contribution is 5.15. The van der Waals surface area contributed by atoms with Crippen molar-refractivity contribution in [1.82, 2.24) is 5.32 Å². The minimum Gasteiger partial charge on any atom is -0.468 e. The Hall–Kier alpha value is -1.80. The molecule has 1 heterocycles. The maximum absolute atomic E-state index is 5.50. The topological polar surface area (TPSA) is 25.2 Å². The second kappa shape index (κ2) is 6.95. The second-order valence-electron chi connectivity index (χ2n) is 4.92. The first-order valence-electron chi connectivity index (χ1n) is 6.71. The van der Waals surface area contributed by atoms with Crippen molar-refractivity contribution < 1.29 is 4.42 Å². The molecule has 0 radical (unpaired) electrons. The summed E-state index contributed by atoms with van der Waals surface area (Å²) in [6, 6.07) is 14.7. The van der Waals surface area contributed by atoms with Crippen LogP contribution >= 0.6 is 0 Å². The van der Waals surface area contributed by atoms with Crippen molar-refractivity contribution in [3.8, 4) is 0 Å². The van der Waals surface area contributed by atoms with Crippen LogP contribution in [-0.2, 0) is 6.42 Å². The van der Waals surface area contributed by atoms with Gasteiger partial charge in [0.05, 0.1) is 12.3 Å². The fourth-order valence-corrected chi connectivity index (χ4v) is 2.15. The molecule has 2 aromatic rings. The Bertz CT molecular complexity index is 487. The van der Waals surface area contributed by atoms with Gasteiger partial charge in [-0.25, -0.2) is 0 Å². The van der Waals surface area contributed by atoms with Crippen LogP contribution in [0.2, 0.25) is 0 Å². The maximum atomic E-state index is 5.50. The number of nitrogens with one attached hydrogen (secondary N) is 1. The van der Waals surface area contributed by atoms with Crippen molar-refractivity contribution in [2.75, 3.05) is 6.54 Å².